The molecule has 0 bridgehead atoms. The number of halogens is 1. The van der Waals surface area contributed by atoms with E-state index in [1.165, 1.54) is 7.11 Å². The number of methoxy groups -OCH3 is 1. The van der Waals surface area contributed by atoms with Crippen molar-refractivity contribution in [3.63, 3.8) is 0 Å². The van der Waals surface area contributed by atoms with Gasteiger partial charge in [-0.2, -0.15) is 4.98 Å². The molecular weight excluding hydrogens is 372 g/mol. The van der Waals surface area contributed by atoms with Gasteiger partial charge in [0.2, 0.25) is 0 Å². The summed E-state index contributed by atoms with van der Waals surface area (Å²) in [6, 6.07) is 13.9. The highest BCUT2D eigenvalue weighted by Crippen LogP contribution is 2.27. The van der Waals surface area contributed by atoms with E-state index >= 15 is 0 Å². The molecule has 0 saturated heterocycles. The summed E-state index contributed by atoms with van der Waals surface area (Å²) >= 11 is 3.44. The van der Waals surface area contributed by atoms with Gasteiger partial charge in [0.15, 0.2) is 0 Å². The van der Waals surface area contributed by atoms with Crippen LogP contribution in [0.15, 0.2) is 46.9 Å². The highest BCUT2D eigenvalue weighted by atomic mass is 79.9. The maximum atomic E-state index is 12.1. The quantitative estimate of drug-likeness (QED) is 0.619. The monoisotopic (exact) mass is 388 g/mol. The number of nitrogens with zero attached hydrogens (tertiary/aromatic N) is 2. The van der Waals surface area contributed by atoms with Crippen LogP contribution in [0.25, 0.3) is 11.0 Å². The lowest BCUT2D eigenvalue weighted by Crippen LogP contribution is -2.09. The van der Waals surface area contributed by atoms with Gasteiger partial charge in [-0.3, -0.25) is 4.57 Å². The van der Waals surface area contributed by atoms with Crippen LogP contribution in [0.5, 0.6) is 6.01 Å². The highest BCUT2D eigenvalue weighted by Gasteiger charge is 2.19. The first kappa shape index (κ1) is 16.5. The number of benzene rings is 2. The fourth-order valence-electron chi connectivity index (χ4n) is 2.60. The van der Waals surface area contributed by atoms with Crippen molar-refractivity contribution in [3.8, 4) is 6.01 Å². The van der Waals surface area contributed by atoms with Gasteiger partial charge >= 0.3 is 5.97 Å². The van der Waals surface area contributed by atoms with Crippen LogP contribution >= 0.6 is 15.9 Å². The van der Waals surface area contributed by atoms with Gasteiger partial charge in [0, 0.05) is 4.47 Å². The lowest BCUT2D eigenvalue weighted by Gasteiger charge is -2.11. The smallest absolute Gasteiger partial charge is 0.340 e. The topological polar surface area (TPSA) is 53.4 Å². The number of aromatic nitrogens is 2. The van der Waals surface area contributed by atoms with E-state index in [9.17, 15) is 4.79 Å². The molecule has 0 saturated carbocycles. The minimum atomic E-state index is -0.388. The van der Waals surface area contributed by atoms with Crippen LogP contribution in [0.1, 0.15) is 22.8 Å². The molecule has 0 atom stereocenters. The number of hydrogen-bond donors (Lipinski definition) is 0. The van der Waals surface area contributed by atoms with Crippen molar-refractivity contribution in [1.29, 1.82) is 0 Å². The molecule has 3 aromatic rings. The molecule has 24 heavy (non-hydrogen) atoms. The molecule has 0 fully saturated rings. The van der Waals surface area contributed by atoms with Crippen LogP contribution < -0.4 is 4.74 Å². The SMILES string of the molecule is CCOc1nc2cccc(C(=O)OC)c2n1Cc1ccc(Br)cc1. The molecule has 5 nitrogen and oxygen atoms in total. The predicted octanol–water partition coefficient (Wildman–Crippen LogP) is 4.03. The van der Waals surface area contributed by atoms with E-state index in [1.54, 1.807) is 12.1 Å². The Balaban J connectivity index is 2.16. The summed E-state index contributed by atoms with van der Waals surface area (Å²) < 4.78 is 13.5. The predicted molar refractivity (Wildman–Crippen MR) is 95.5 cm³/mol. The number of ether oxygens (including phenoxy) is 2. The van der Waals surface area contributed by atoms with Crippen LogP contribution in [-0.2, 0) is 11.3 Å². The van der Waals surface area contributed by atoms with Crippen molar-refractivity contribution in [2.45, 2.75) is 13.5 Å². The number of para-hydroxylation sites is 1. The van der Waals surface area contributed by atoms with Gasteiger partial charge in [-0.05, 0) is 36.8 Å². The van der Waals surface area contributed by atoms with Crippen molar-refractivity contribution in [1.82, 2.24) is 9.55 Å². The minimum absolute atomic E-state index is 0.388. The lowest BCUT2D eigenvalue weighted by molar-refractivity contribution is 0.0602. The number of carbonyl (C=O) groups is 1. The van der Waals surface area contributed by atoms with E-state index in [0.29, 0.717) is 30.2 Å². The molecule has 1 aromatic heterocycles. The zero-order chi connectivity index (χ0) is 17.1. The average molecular weight is 389 g/mol. The molecule has 0 aliphatic heterocycles. The van der Waals surface area contributed by atoms with Crippen molar-refractivity contribution in [2.24, 2.45) is 0 Å². The summed E-state index contributed by atoms with van der Waals surface area (Å²) in [4.78, 5) is 16.7. The van der Waals surface area contributed by atoms with E-state index in [0.717, 1.165) is 15.6 Å². The number of imidazole rings is 1. The normalized spacial score (nSPS) is 10.8. The first-order chi connectivity index (χ1) is 11.6. The Morgan fingerprint density at radius 3 is 2.62 bits per heavy atom. The summed E-state index contributed by atoms with van der Waals surface area (Å²) in [6.07, 6.45) is 0. The Bertz CT molecular complexity index is 872. The number of carbonyl (C=O) groups excluding carboxylic acids is 1. The molecule has 124 valence electrons. The second kappa shape index (κ2) is 7.05. The summed E-state index contributed by atoms with van der Waals surface area (Å²) in [5, 5.41) is 0. The first-order valence-corrected chi connectivity index (χ1v) is 8.38. The Labute approximate surface area is 148 Å². The van der Waals surface area contributed by atoms with E-state index < -0.39 is 0 Å². The zero-order valence-corrected chi connectivity index (χ0v) is 15.0. The third-order valence-corrected chi connectivity index (χ3v) is 4.19. The number of rotatable bonds is 5. The molecule has 0 radical (unpaired) electrons. The zero-order valence-electron chi connectivity index (χ0n) is 13.5. The highest BCUT2D eigenvalue weighted by molar-refractivity contribution is 9.10. The average Bonchev–Trinajstić information content (AvgIpc) is 2.94. The maximum Gasteiger partial charge on any atom is 0.340 e. The molecule has 0 amide bonds. The molecule has 0 aliphatic carbocycles. The second-order valence-corrected chi connectivity index (χ2v) is 6.12. The third kappa shape index (κ3) is 3.14. The Kier molecular flexibility index (Phi) is 4.85. The Morgan fingerprint density at radius 1 is 1.21 bits per heavy atom. The molecular formula is C18H17BrN2O3. The van der Waals surface area contributed by atoms with Gasteiger partial charge in [0.05, 0.1) is 36.9 Å². The van der Waals surface area contributed by atoms with Gasteiger partial charge in [-0.25, -0.2) is 4.79 Å². The Morgan fingerprint density at radius 2 is 1.96 bits per heavy atom. The minimum Gasteiger partial charge on any atom is -0.465 e. The Hall–Kier alpha value is -2.34. The van der Waals surface area contributed by atoms with Crippen LogP contribution in [0.4, 0.5) is 0 Å². The van der Waals surface area contributed by atoms with Crippen LogP contribution in [0.2, 0.25) is 0 Å². The van der Waals surface area contributed by atoms with E-state index in [-0.39, 0.29) is 5.97 Å². The van der Waals surface area contributed by atoms with Crippen molar-refractivity contribution in [2.75, 3.05) is 13.7 Å². The van der Waals surface area contributed by atoms with Crippen LogP contribution in [0.3, 0.4) is 0 Å². The molecule has 1 heterocycles. The van der Waals surface area contributed by atoms with Crippen LogP contribution in [-0.4, -0.2) is 29.2 Å². The van der Waals surface area contributed by atoms with Gasteiger partial charge in [0.1, 0.15) is 0 Å². The fourth-order valence-corrected chi connectivity index (χ4v) is 2.86. The molecule has 3 rings (SSSR count). The summed E-state index contributed by atoms with van der Waals surface area (Å²) in [6.45, 7) is 2.95. The fraction of sp³-hybridized carbons (Fsp3) is 0.222. The molecule has 0 aliphatic rings. The largest absolute Gasteiger partial charge is 0.465 e. The van der Waals surface area contributed by atoms with Crippen molar-refractivity contribution >= 4 is 32.9 Å². The molecule has 0 spiro atoms. The molecule has 0 N–H and O–H groups in total. The summed E-state index contributed by atoms with van der Waals surface area (Å²) in [5.74, 6) is -0.388. The molecule has 0 unspecified atom stereocenters. The van der Waals surface area contributed by atoms with Crippen LogP contribution in [0, 0.1) is 0 Å². The van der Waals surface area contributed by atoms with Gasteiger partial charge in [-0.1, -0.05) is 34.1 Å². The van der Waals surface area contributed by atoms with E-state index in [2.05, 4.69) is 20.9 Å². The third-order valence-electron chi connectivity index (χ3n) is 3.66. The van der Waals surface area contributed by atoms with Crippen molar-refractivity contribution in [3.05, 3.63) is 58.1 Å². The standard InChI is InChI=1S/C18H17BrN2O3/c1-3-24-18-20-15-6-4-5-14(17(22)23-2)16(15)21(18)11-12-7-9-13(19)10-8-12/h4-10H,3,11H2,1-2H3. The van der Waals surface area contributed by atoms with E-state index in [1.807, 2.05) is 41.8 Å². The lowest BCUT2D eigenvalue weighted by atomic mass is 10.1. The van der Waals surface area contributed by atoms with E-state index in [4.69, 9.17) is 9.47 Å². The maximum absolute atomic E-state index is 12.1. The summed E-state index contributed by atoms with van der Waals surface area (Å²) in [7, 11) is 1.38. The van der Waals surface area contributed by atoms with Gasteiger partial charge in [-0.15, -0.1) is 0 Å². The molecule has 2 aromatic carbocycles. The number of hydrogen-bond acceptors (Lipinski definition) is 4. The number of fused-ring (bicyclic) bond motifs is 1. The van der Waals surface area contributed by atoms with Crippen molar-refractivity contribution < 1.29 is 14.3 Å². The van der Waals surface area contributed by atoms with Gasteiger partial charge < -0.3 is 9.47 Å². The summed E-state index contributed by atoms with van der Waals surface area (Å²) in [5.41, 5.74) is 2.98. The van der Waals surface area contributed by atoms with Gasteiger partial charge in [0.25, 0.3) is 6.01 Å². The molecule has 6 heteroatoms. The second-order valence-electron chi connectivity index (χ2n) is 5.20. The number of esters is 1. The first-order valence-electron chi connectivity index (χ1n) is 7.58.